The summed E-state index contributed by atoms with van der Waals surface area (Å²) in [5, 5.41) is 0.466. The van der Waals surface area contributed by atoms with E-state index < -0.39 is 10.8 Å². The van der Waals surface area contributed by atoms with Gasteiger partial charge >= 0.3 is 0 Å². The molecule has 3 atom stereocenters. The second-order valence-electron chi connectivity index (χ2n) is 3.17. The average Bonchev–Trinajstić information content (AvgIpc) is 1.88. The lowest BCUT2D eigenvalue weighted by molar-refractivity contribution is -0.883. The molecule has 1 rings (SSSR count). The van der Waals surface area contributed by atoms with Crippen molar-refractivity contribution in [2.45, 2.75) is 18.1 Å². The van der Waals surface area contributed by atoms with E-state index in [1.807, 2.05) is 6.26 Å². The van der Waals surface area contributed by atoms with Crippen molar-refractivity contribution < 1.29 is 9.11 Å². The number of hydrogen-bond acceptors (Lipinski definition) is 1. The number of piperidine rings is 1. The zero-order chi connectivity index (χ0) is 7.56. The molecule has 3 unspecified atom stereocenters. The van der Waals surface area contributed by atoms with Gasteiger partial charge in [0.1, 0.15) is 0 Å². The van der Waals surface area contributed by atoms with Crippen LogP contribution in [0, 0.1) is 0 Å². The molecule has 2 nitrogen and oxygen atoms in total. The van der Waals surface area contributed by atoms with Crippen molar-refractivity contribution in [3.8, 4) is 0 Å². The second kappa shape index (κ2) is 3.49. The highest BCUT2D eigenvalue weighted by Gasteiger charge is 2.22. The molecule has 1 N–H and O–H groups in total. The Kier molecular flexibility index (Phi) is 2.86. The first-order valence-corrected chi connectivity index (χ1v) is 5.46. The van der Waals surface area contributed by atoms with Gasteiger partial charge in [-0.2, -0.15) is 0 Å². The fourth-order valence-electron chi connectivity index (χ4n) is 1.51. The number of likely N-dealkylation sites (tertiary alicyclic amines) is 1. The Morgan fingerprint density at radius 1 is 1.60 bits per heavy atom. The summed E-state index contributed by atoms with van der Waals surface area (Å²) in [4.78, 5) is 1.53. The highest BCUT2D eigenvalue weighted by Crippen LogP contribution is 2.03. The van der Waals surface area contributed by atoms with Gasteiger partial charge in [0.2, 0.25) is 0 Å². The third kappa shape index (κ3) is 2.06. The fourth-order valence-corrected chi connectivity index (χ4v) is 2.53. The van der Waals surface area contributed by atoms with Crippen LogP contribution >= 0.6 is 0 Å². The Hall–Kier alpha value is 0.110. The fraction of sp³-hybridized carbons (Fsp3) is 1.00. The average molecular weight is 162 g/mol. The van der Waals surface area contributed by atoms with E-state index in [4.69, 9.17) is 0 Å². The maximum atomic E-state index is 11.0. The molecular weight excluding hydrogens is 146 g/mol. The lowest BCUT2D eigenvalue weighted by Gasteiger charge is -2.25. The molecule has 60 valence electrons. The Balaban J connectivity index is 2.39. The van der Waals surface area contributed by atoms with Gasteiger partial charge in [-0.15, -0.1) is 0 Å². The van der Waals surface area contributed by atoms with E-state index in [1.54, 1.807) is 0 Å². The Morgan fingerprint density at radius 3 is 2.70 bits per heavy atom. The maximum absolute atomic E-state index is 11.0. The molecule has 0 radical (unpaired) electrons. The first kappa shape index (κ1) is 8.21. The molecule has 0 amide bonds. The Bertz CT molecular complexity index is 138. The lowest BCUT2D eigenvalue weighted by atomic mass is 10.1. The molecule has 10 heavy (non-hydrogen) atoms. The van der Waals surface area contributed by atoms with Crippen LogP contribution in [0.15, 0.2) is 0 Å². The molecule has 0 aliphatic carbocycles. The van der Waals surface area contributed by atoms with E-state index in [2.05, 4.69) is 7.05 Å². The van der Waals surface area contributed by atoms with Gasteiger partial charge in [-0.25, -0.2) is 0 Å². The zero-order valence-corrected chi connectivity index (χ0v) is 7.54. The number of nitrogens with one attached hydrogen (secondary N) is 1. The van der Waals surface area contributed by atoms with E-state index >= 15 is 0 Å². The summed E-state index contributed by atoms with van der Waals surface area (Å²) >= 11 is 0. The van der Waals surface area contributed by atoms with Gasteiger partial charge < -0.3 is 4.90 Å². The van der Waals surface area contributed by atoms with E-state index in [0.717, 1.165) is 6.54 Å². The van der Waals surface area contributed by atoms with Crippen molar-refractivity contribution in [2.24, 2.45) is 0 Å². The summed E-state index contributed by atoms with van der Waals surface area (Å²) in [6.07, 6.45) is 4.24. The van der Waals surface area contributed by atoms with Gasteiger partial charge in [0.05, 0.1) is 25.4 Å². The van der Waals surface area contributed by atoms with E-state index in [-0.39, 0.29) is 0 Å². The first-order chi connectivity index (χ1) is 4.70. The minimum absolute atomic E-state index is 0.466. The quantitative estimate of drug-likeness (QED) is 0.527. The smallest absolute Gasteiger partial charge is 0.0914 e. The van der Waals surface area contributed by atoms with Crippen LogP contribution in [0.1, 0.15) is 12.8 Å². The van der Waals surface area contributed by atoms with Crippen LogP contribution in [0.2, 0.25) is 0 Å². The predicted molar refractivity (Wildman–Crippen MR) is 43.7 cm³/mol. The van der Waals surface area contributed by atoms with E-state index in [0.29, 0.717) is 5.25 Å². The van der Waals surface area contributed by atoms with Gasteiger partial charge in [-0.05, 0) is 12.8 Å². The topological polar surface area (TPSA) is 21.5 Å². The molecule has 0 bridgehead atoms. The summed E-state index contributed by atoms with van der Waals surface area (Å²) in [5.41, 5.74) is 0. The third-order valence-electron chi connectivity index (χ3n) is 2.18. The van der Waals surface area contributed by atoms with Crippen LogP contribution in [-0.4, -0.2) is 35.9 Å². The standard InChI is InChI=1S/C7H15NOS/c1-8-5-3-4-7(6-8)10(2)9/h7H,3-6H2,1-2H3/p+1. The third-order valence-corrected chi connectivity index (χ3v) is 3.52. The van der Waals surface area contributed by atoms with Gasteiger partial charge in [0.15, 0.2) is 0 Å². The SMILES string of the molecule is C[NH+]1CCCC(S(C)=O)C1. The number of quaternary nitrogens is 1. The van der Waals surface area contributed by atoms with Crippen LogP contribution in [0.5, 0.6) is 0 Å². The van der Waals surface area contributed by atoms with Gasteiger partial charge in [-0.1, -0.05) is 0 Å². The second-order valence-corrected chi connectivity index (χ2v) is 4.84. The van der Waals surface area contributed by atoms with Crippen molar-refractivity contribution in [1.29, 1.82) is 0 Å². The summed E-state index contributed by atoms with van der Waals surface area (Å²) in [7, 11) is 1.59. The molecule has 1 aliphatic rings. The molecule has 0 aromatic heterocycles. The van der Waals surface area contributed by atoms with Crippen LogP contribution in [0.25, 0.3) is 0 Å². The molecular formula is C7H16NOS+. The van der Waals surface area contributed by atoms with E-state index in [9.17, 15) is 4.21 Å². The lowest BCUT2D eigenvalue weighted by Crippen LogP contribution is -3.11. The summed E-state index contributed by atoms with van der Waals surface area (Å²) in [6.45, 7) is 2.36. The van der Waals surface area contributed by atoms with E-state index in [1.165, 1.54) is 24.3 Å². The van der Waals surface area contributed by atoms with Crippen molar-refractivity contribution >= 4 is 10.8 Å². The van der Waals surface area contributed by atoms with Crippen molar-refractivity contribution in [3.05, 3.63) is 0 Å². The summed E-state index contributed by atoms with van der Waals surface area (Å²) in [5.74, 6) is 0. The Morgan fingerprint density at radius 2 is 2.30 bits per heavy atom. The largest absolute Gasteiger partial charge is 0.336 e. The molecule has 0 aromatic carbocycles. The highest BCUT2D eigenvalue weighted by atomic mass is 32.2. The number of rotatable bonds is 1. The Labute approximate surface area is 65.1 Å². The first-order valence-electron chi connectivity index (χ1n) is 3.83. The summed E-state index contributed by atoms with van der Waals surface area (Å²) in [6, 6.07) is 0. The number of hydrogen-bond donors (Lipinski definition) is 1. The van der Waals surface area contributed by atoms with Crippen LogP contribution in [0.3, 0.4) is 0 Å². The molecule has 0 spiro atoms. The van der Waals surface area contributed by atoms with Crippen molar-refractivity contribution in [2.75, 3.05) is 26.4 Å². The van der Waals surface area contributed by atoms with Gasteiger partial charge in [0, 0.05) is 17.1 Å². The van der Waals surface area contributed by atoms with Crippen LogP contribution < -0.4 is 4.90 Å². The molecule has 1 aliphatic heterocycles. The van der Waals surface area contributed by atoms with Crippen molar-refractivity contribution in [3.63, 3.8) is 0 Å². The van der Waals surface area contributed by atoms with Gasteiger partial charge in [-0.3, -0.25) is 4.21 Å². The molecule has 3 heteroatoms. The predicted octanol–water partition coefficient (Wildman–Crippen LogP) is -0.958. The van der Waals surface area contributed by atoms with Crippen LogP contribution in [-0.2, 0) is 10.8 Å². The zero-order valence-electron chi connectivity index (χ0n) is 6.72. The minimum Gasteiger partial charge on any atom is -0.336 e. The maximum Gasteiger partial charge on any atom is 0.0914 e. The minimum atomic E-state index is -0.594. The summed E-state index contributed by atoms with van der Waals surface area (Å²) < 4.78 is 11.0. The molecule has 1 saturated heterocycles. The van der Waals surface area contributed by atoms with Crippen molar-refractivity contribution in [1.82, 2.24) is 0 Å². The molecule has 0 saturated carbocycles. The molecule has 1 heterocycles. The molecule has 0 aromatic rings. The van der Waals surface area contributed by atoms with Gasteiger partial charge in [0.25, 0.3) is 0 Å². The molecule has 1 fully saturated rings. The highest BCUT2D eigenvalue weighted by molar-refractivity contribution is 7.84. The monoisotopic (exact) mass is 162 g/mol. The normalized spacial score (nSPS) is 37.4. The van der Waals surface area contributed by atoms with Crippen LogP contribution in [0.4, 0.5) is 0 Å².